The fraction of sp³-hybridized carbons (Fsp3) is 0.0909. The summed E-state index contributed by atoms with van der Waals surface area (Å²) in [5.41, 5.74) is 3.09. The molecule has 2 amide bonds. The maximum atomic E-state index is 12.5. The van der Waals surface area contributed by atoms with Crippen LogP contribution in [0.1, 0.15) is 26.3 Å². The van der Waals surface area contributed by atoms with E-state index in [0.29, 0.717) is 33.3 Å². The first-order valence-corrected chi connectivity index (χ1v) is 8.97. The first-order chi connectivity index (χ1) is 13.5. The van der Waals surface area contributed by atoms with E-state index >= 15 is 0 Å². The summed E-state index contributed by atoms with van der Waals surface area (Å²) in [6.07, 6.45) is 0. The lowest BCUT2D eigenvalue weighted by atomic mass is 10.1. The number of hydrogen-bond donors (Lipinski definition) is 2. The molecule has 3 aromatic rings. The smallest absolute Gasteiger partial charge is 0.255 e. The first-order valence-electron chi connectivity index (χ1n) is 8.59. The number of anilines is 2. The summed E-state index contributed by atoms with van der Waals surface area (Å²) in [6, 6.07) is 19.0. The van der Waals surface area contributed by atoms with Crippen LogP contribution in [0.25, 0.3) is 0 Å². The van der Waals surface area contributed by atoms with Crippen LogP contribution in [0.4, 0.5) is 11.4 Å². The Morgan fingerprint density at radius 3 is 1.96 bits per heavy atom. The number of hydrogen-bond acceptors (Lipinski definition) is 3. The fourth-order valence-corrected chi connectivity index (χ4v) is 2.85. The van der Waals surface area contributed by atoms with Crippen molar-refractivity contribution in [1.82, 2.24) is 0 Å². The third-order valence-corrected chi connectivity index (χ3v) is 4.40. The molecule has 3 aromatic carbocycles. The molecule has 0 saturated carbocycles. The average Bonchev–Trinajstić information content (AvgIpc) is 2.70. The zero-order chi connectivity index (χ0) is 20.1. The van der Waals surface area contributed by atoms with Crippen LogP contribution in [0.15, 0.2) is 66.7 Å². The van der Waals surface area contributed by atoms with Crippen LogP contribution in [-0.2, 0) is 0 Å². The van der Waals surface area contributed by atoms with Crippen molar-refractivity contribution < 1.29 is 14.3 Å². The molecule has 0 fully saturated rings. The Hall–Kier alpha value is -3.31. The number of benzene rings is 3. The largest absolute Gasteiger partial charge is 0.495 e. The molecule has 0 radical (unpaired) electrons. The molecule has 0 spiro atoms. The Labute approximate surface area is 168 Å². The highest BCUT2D eigenvalue weighted by Crippen LogP contribution is 2.27. The lowest BCUT2D eigenvalue weighted by molar-refractivity contribution is 0.102. The first kappa shape index (κ1) is 19.5. The quantitative estimate of drug-likeness (QED) is 0.628. The van der Waals surface area contributed by atoms with Gasteiger partial charge in [0.15, 0.2) is 0 Å². The molecular weight excluding hydrogens is 376 g/mol. The van der Waals surface area contributed by atoms with Crippen LogP contribution >= 0.6 is 11.6 Å². The molecule has 3 rings (SSSR count). The van der Waals surface area contributed by atoms with Crippen molar-refractivity contribution in [2.45, 2.75) is 6.92 Å². The van der Waals surface area contributed by atoms with Gasteiger partial charge >= 0.3 is 0 Å². The minimum absolute atomic E-state index is 0.286. The Morgan fingerprint density at radius 1 is 0.821 bits per heavy atom. The van der Waals surface area contributed by atoms with Crippen molar-refractivity contribution in [1.29, 1.82) is 0 Å². The summed E-state index contributed by atoms with van der Waals surface area (Å²) in [6.45, 7) is 1.98. The molecule has 0 saturated heterocycles. The summed E-state index contributed by atoms with van der Waals surface area (Å²) in [5.74, 6) is -0.105. The van der Waals surface area contributed by atoms with Crippen molar-refractivity contribution in [2.24, 2.45) is 0 Å². The number of nitrogens with one attached hydrogen (secondary N) is 2. The van der Waals surface area contributed by atoms with Crippen molar-refractivity contribution in [3.8, 4) is 5.75 Å². The highest BCUT2D eigenvalue weighted by Gasteiger charge is 2.12. The van der Waals surface area contributed by atoms with Gasteiger partial charge in [0.05, 0.1) is 12.1 Å². The number of carbonyl (C=O) groups is 2. The predicted molar refractivity (Wildman–Crippen MR) is 112 cm³/mol. The van der Waals surface area contributed by atoms with Gasteiger partial charge in [-0.2, -0.15) is 0 Å². The number of aryl methyl sites for hydroxylation is 1. The summed E-state index contributed by atoms with van der Waals surface area (Å²) in [5, 5.41) is 5.98. The van der Waals surface area contributed by atoms with Gasteiger partial charge in [-0.05, 0) is 55.5 Å². The lowest BCUT2D eigenvalue weighted by Gasteiger charge is -2.09. The maximum Gasteiger partial charge on any atom is 0.255 e. The maximum absolute atomic E-state index is 12.5. The minimum Gasteiger partial charge on any atom is -0.495 e. The Balaban J connectivity index is 1.73. The number of amides is 2. The number of carbonyl (C=O) groups excluding carboxylic acids is 2. The summed E-state index contributed by atoms with van der Waals surface area (Å²) >= 11 is 6.08. The average molecular weight is 395 g/mol. The van der Waals surface area contributed by atoms with Gasteiger partial charge in [0.1, 0.15) is 5.75 Å². The van der Waals surface area contributed by atoms with E-state index < -0.39 is 0 Å². The van der Waals surface area contributed by atoms with Gasteiger partial charge in [-0.3, -0.25) is 9.59 Å². The molecule has 5 nitrogen and oxygen atoms in total. The van der Waals surface area contributed by atoms with Crippen LogP contribution < -0.4 is 15.4 Å². The second-order valence-electron chi connectivity index (χ2n) is 6.20. The zero-order valence-corrected chi connectivity index (χ0v) is 16.2. The van der Waals surface area contributed by atoms with Gasteiger partial charge in [0.25, 0.3) is 11.8 Å². The molecule has 0 aromatic heterocycles. The van der Waals surface area contributed by atoms with E-state index in [2.05, 4.69) is 10.6 Å². The molecule has 0 aliphatic carbocycles. The highest BCUT2D eigenvalue weighted by molar-refractivity contribution is 6.32. The van der Waals surface area contributed by atoms with Gasteiger partial charge in [-0.1, -0.05) is 35.4 Å². The molecule has 0 aliphatic rings. The normalized spacial score (nSPS) is 10.2. The predicted octanol–water partition coefficient (Wildman–Crippen LogP) is 5.16. The molecular formula is C22H19ClN2O3. The topological polar surface area (TPSA) is 67.4 Å². The van der Waals surface area contributed by atoms with E-state index in [0.717, 1.165) is 5.56 Å². The van der Waals surface area contributed by atoms with E-state index in [9.17, 15) is 9.59 Å². The Kier molecular flexibility index (Phi) is 5.96. The molecule has 0 aliphatic heterocycles. The standard InChI is InChI=1S/C22H19ClN2O3/c1-14-6-8-17(9-7-14)24-21(26)15-4-3-5-16(12-15)22(27)25-18-10-11-20(28-2)19(23)13-18/h3-13H,1-2H3,(H,24,26)(H,25,27). The van der Waals surface area contributed by atoms with Gasteiger partial charge in [0.2, 0.25) is 0 Å². The number of methoxy groups -OCH3 is 1. The van der Waals surface area contributed by atoms with Crippen LogP contribution in [-0.4, -0.2) is 18.9 Å². The van der Waals surface area contributed by atoms with E-state index in [1.54, 1.807) is 42.5 Å². The Bertz CT molecular complexity index is 1020. The third-order valence-electron chi connectivity index (χ3n) is 4.11. The minimum atomic E-state index is -0.341. The van der Waals surface area contributed by atoms with Crippen molar-refractivity contribution >= 4 is 34.8 Å². The molecule has 6 heteroatoms. The molecule has 2 N–H and O–H groups in total. The molecule has 0 unspecified atom stereocenters. The molecule has 142 valence electrons. The monoisotopic (exact) mass is 394 g/mol. The van der Waals surface area contributed by atoms with Gasteiger partial charge in [0, 0.05) is 22.5 Å². The van der Waals surface area contributed by atoms with Crippen molar-refractivity contribution in [3.05, 3.63) is 88.4 Å². The number of ether oxygens (including phenoxy) is 1. The zero-order valence-electron chi connectivity index (χ0n) is 15.5. The summed E-state index contributed by atoms with van der Waals surface area (Å²) in [4.78, 5) is 25.0. The van der Waals surface area contributed by atoms with Crippen LogP contribution in [0, 0.1) is 6.92 Å². The van der Waals surface area contributed by atoms with Gasteiger partial charge in [-0.15, -0.1) is 0 Å². The van der Waals surface area contributed by atoms with Crippen molar-refractivity contribution in [3.63, 3.8) is 0 Å². The molecule has 0 atom stereocenters. The van der Waals surface area contributed by atoms with E-state index in [1.807, 2.05) is 31.2 Å². The van der Waals surface area contributed by atoms with Crippen LogP contribution in [0.3, 0.4) is 0 Å². The number of rotatable bonds is 5. The molecule has 0 heterocycles. The van der Waals surface area contributed by atoms with Crippen LogP contribution in [0.2, 0.25) is 5.02 Å². The van der Waals surface area contributed by atoms with E-state index in [4.69, 9.17) is 16.3 Å². The second kappa shape index (κ2) is 8.59. The summed E-state index contributed by atoms with van der Waals surface area (Å²) in [7, 11) is 1.52. The van der Waals surface area contributed by atoms with Gasteiger partial charge in [-0.25, -0.2) is 0 Å². The van der Waals surface area contributed by atoms with Crippen molar-refractivity contribution in [2.75, 3.05) is 17.7 Å². The van der Waals surface area contributed by atoms with E-state index in [-0.39, 0.29) is 11.8 Å². The summed E-state index contributed by atoms with van der Waals surface area (Å²) < 4.78 is 5.10. The molecule has 28 heavy (non-hydrogen) atoms. The second-order valence-corrected chi connectivity index (χ2v) is 6.61. The lowest BCUT2D eigenvalue weighted by Crippen LogP contribution is -2.15. The number of halogens is 1. The van der Waals surface area contributed by atoms with E-state index in [1.165, 1.54) is 7.11 Å². The Morgan fingerprint density at radius 2 is 1.39 bits per heavy atom. The molecule has 0 bridgehead atoms. The SMILES string of the molecule is COc1ccc(NC(=O)c2cccc(C(=O)Nc3ccc(C)cc3)c2)cc1Cl. The van der Waals surface area contributed by atoms with Gasteiger partial charge < -0.3 is 15.4 Å². The fourth-order valence-electron chi connectivity index (χ4n) is 2.59. The van der Waals surface area contributed by atoms with Crippen LogP contribution in [0.5, 0.6) is 5.75 Å². The highest BCUT2D eigenvalue weighted by atomic mass is 35.5. The third kappa shape index (κ3) is 4.69.